The van der Waals surface area contributed by atoms with E-state index in [-0.39, 0.29) is 24.9 Å². The van der Waals surface area contributed by atoms with Gasteiger partial charge in [0.25, 0.3) is 0 Å². The summed E-state index contributed by atoms with van der Waals surface area (Å²) in [5.41, 5.74) is 0. The molecule has 0 bridgehead atoms. The molecule has 0 saturated carbocycles. The molecule has 1 amide bonds. The molecule has 0 aliphatic heterocycles. The van der Waals surface area contributed by atoms with Crippen LogP contribution in [0.3, 0.4) is 0 Å². The molecule has 0 aromatic carbocycles. The lowest BCUT2D eigenvalue weighted by Gasteiger charge is -2.24. The molecule has 6 heteroatoms. The summed E-state index contributed by atoms with van der Waals surface area (Å²) in [6.45, 7) is 6.48. The van der Waals surface area contributed by atoms with Gasteiger partial charge in [-0.3, -0.25) is 9.59 Å². The highest BCUT2D eigenvalue weighted by Crippen LogP contribution is 2.18. The van der Waals surface area contributed by atoms with Crippen molar-refractivity contribution in [2.75, 3.05) is 6.61 Å². The number of allylic oxidation sites excluding steroid dienone is 2. The van der Waals surface area contributed by atoms with Crippen molar-refractivity contribution in [3.8, 4) is 0 Å². The topological polar surface area (TPSA) is 95.9 Å². The summed E-state index contributed by atoms with van der Waals surface area (Å²) < 4.78 is 5.92. The minimum Gasteiger partial charge on any atom is -0.462 e. The monoisotopic (exact) mass is 820 g/mol. The van der Waals surface area contributed by atoms with Crippen molar-refractivity contribution >= 4 is 11.9 Å². The second kappa shape index (κ2) is 46.7. The molecule has 0 aromatic rings. The first-order chi connectivity index (χ1) is 28.5. The minimum atomic E-state index is -0.782. The molecule has 0 aliphatic rings. The van der Waals surface area contributed by atoms with E-state index in [4.69, 9.17) is 4.74 Å². The summed E-state index contributed by atoms with van der Waals surface area (Å²) in [6, 6.07) is -0.696. The number of aliphatic hydroxyl groups excluding tert-OH is 2. The van der Waals surface area contributed by atoms with E-state index < -0.39 is 18.2 Å². The lowest BCUT2D eigenvalue weighted by atomic mass is 10.0. The predicted octanol–water partition coefficient (Wildman–Crippen LogP) is 15.3. The van der Waals surface area contributed by atoms with Crippen molar-refractivity contribution in [2.24, 2.45) is 0 Å². The first kappa shape index (κ1) is 56.6. The molecule has 0 saturated heterocycles. The fraction of sp³-hybridized carbons (Fsp3) is 0.923. The van der Waals surface area contributed by atoms with Crippen LogP contribution in [0.15, 0.2) is 12.2 Å². The van der Waals surface area contributed by atoms with Crippen LogP contribution in [0.2, 0.25) is 0 Å². The summed E-state index contributed by atoms with van der Waals surface area (Å²) in [4.78, 5) is 26.1. The van der Waals surface area contributed by atoms with Crippen LogP contribution in [0.1, 0.15) is 284 Å². The number of hydrogen-bond donors (Lipinski definition) is 3. The van der Waals surface area contributed by atoms with Crippen LogP contribution in [0, 0.1) is 0 Å². The third kappa shape index (κ3) is 41.3. The highest BCUT2D eigenvalue weighted by Gasteiger charge is 2.24. The van der Waals surface area contributed by atoms with E-state index in [9.17, 15) is 19.8 Å². The summed E-state index contributed by atoms with van der Waals surface area (Å²) in [5.74, 6) is -0.469. The third-order valence-corrected chi connectivity index (χ3v) is 12.1. The maximum Gasteiger partial charge on any atom is 0.306 e. The Hall–Kier alpha value is -1.40. The Morgan fingerprint density at radius 1 is 0.483 bits per heavy atom. The lowest BCUT2D eigenvalue weighted by Crippen LogP contribution is -2.46. The molecule has 0 spiro atoms. The van der Waals surface area contributed by atoms with Crippen LogP contribution in [0.5, 0.6) is 0 Å². The molecular weight excluding hydrogens is 719 g/mol. The van der Waals surface area contributed by atoms with E-state index in [0.717, 1.165) is 51.4 Å². The fourth-order valence-corrected chi connectivity index (χ4v) is 8.13. The molecule has 0 rings (SSSR count). The van der Waals surface area contributed by atoms with E-state index in [1.54, 1.807) is 0 Å². The van der Waals surface area contributed by atoms with Gasteiger partial charge in [-0.2, -0.15) is 0 Å². The van der Waals surface area contributed by atoms with Crippen LogP contribution in [-0.2, 0) is 14.3 Å². The Labute approximate surface area is 361 Å². The Kier molecular flexibility index (Phi) is 45.5. The Morgan fingerprint density at radius 2 is 0.828 bits per heavy atom. The number of hydrogen-bond acceptors (Lipinski definition) is 5. The van der Waals surface area contributed by atoms with Crippen molar-refractivity contribution in [1.82, 2.24) is 5.32 Å². The fourth-order valence-electron chi connectivity index (χ4n) is 8.13. The molecular formula is C52H101NO5. The SMILES string of the molecule is CCCCC/C=C\CCCCCCCC(=O)OC(CCCCCCCCCCCCC)CC(=O)NC(CO)C(O)CCCCCCCCCCCCCCCCCC. The first-order valence-corrected chi connectivity index (χ1v) is 25.9. The van der Waals surface area contributed by atoms with Crippen LogP contribution in [0.4, 0.5) is 0 Å². The number of nitrogens with one attached hydrogen (secondary N) is 1. The van der Waals surface area contributed by atoms with Crippen LogP contribution in [-0.4, -0.2) is 46.9 Å². The number of carbonyl (C=O) groups excluding carboxylic acids is 2. The molecule has 3 unspecified atom stereocenters. The maximum atomic E-state index is 13.2. The highest BCUT2D eigenvalue weighted by atomic mass is 16.5. The van der Waals surface area contributed by atoms with Gasteiger partial charge in [0, 0.05) is 6.42 Å². The van der Waals surface area contributed by atoms with Crippen LogP contribution in [0.25, 0.3) is 0 Å². The molecule has 58 heavy (non-hydrogen) atoms. The van der Waals surface area contributed by atoms with Crippen molar-refractivity contribution < 1.29 is 24.5 Å². The molecule has 0 heterocycles. The number of esters is 1. The van der Waals surface area contributed by atoms with Gasteiger partial charge >= 0.3 is 5.97 Å². The molecule has 6 nitrogen and oxygen atoms in total. The molecule has 0 fully saturated rings. The normalized spacial score (nSPS) is 13.3. The zero-order chi connectivity index (χ0) is 42.4. The summed E-state index contributed by atoms with van der Waals surface area (Å²) in [7, 11) is 0. The van der Waals surface area contributed by atoms with Gasteiger partial charge in [-0.05, 0) is 51.4 Å². The van der Waals surface area contributed by atoms with E-state index in [2.05, 4.69) is 38.2 Å². The van der Waals surface area contributed by atoms with Crippen molar-refractivity contribution in [3.05, 3.63) is 12.2 Å². The summed E-state index contributed by atoms with van der Waals surface area (Å²) in [5, 5.41) is 23.8. The number of aliphatic hydroxyl groups is 2. The molecule has 0 aromatic heterocycles. The average Bonchev–Trinajstić information content (AvgIpc) is 3.22. The third-order valence-electron chi connectivity index (χ3n) is 12.1. The van der Waals surface area contributed by atoms with Gasteiger partial charge in [-0.15, -0.1) is 0 Å². The number of ether oxygens (including phenoxy) is 1. The van der Waals surface area contributed by atoms with Gasteiger partial charge in [0.2, 0.25) is 5.91 Å². The smallest absolute Gasteiger partial charge is 0.306 e. The molecule has 3 atom stereocenters. The standard InChI is InChI=1S/C52H101NO5/c1-4-7-10-13-16-19-22-24-25-26-27-29-32-35-38-41-44-50(55)49(47-54)53-51(56)46-48(43-40-37-34-31-28-21-18-15-12-9-6-3)58-52(57)45-42-39-36-33-30-23-20-17-14-11-8-5-2/h17,20,48-50,54-55H,4-16,18-19,21-47H2,1-3H3,(H,53,56)/b20-17-. The van der Waals surface area contributed by atoms with E-state index >= 15 is 0 Å². The number of unbranched alkanes of at least 4 members (excludes halogenated alkanes) is 33. The zero-order valence-corrected chi connectivity index (χ0v) is 39.2. The van der Waals surface area contributed by atoms with Gasteiger partial charge in [0.05, 0.1) is 25.2 Å². The van der Waals surface area contributed by atoms with E-state index in [1.165, 1.54) is 186 Å². The van der Waals surface area contributed by atoms with E-state index in [0.29, 0.717) is 19.3 Å². The molecule has 344 valence electrons. The van der Waals surface area contributed by atoms with Crippen molar-refractivity contribution in [2.45, 2.75) is 302 Å². The summed E-state index contributed by atoms with van der Waals surface area (Å²) >= 11 is 0. The Morgan fingerprint density at radius 3 is 1.26 bits per heavy atom. The largest absolute Gasteiger partial charge is 0.462 e. The van der Waals surface area contributed by atoms with Crippen molar-refractivity contribution in [3.63, 3.8) is 0 Å². The van der Waals surface area contributed by atoms with Gasteiger partial charge in [-0.25, -0.2) is 0 Å². The molecule has 0 aliphatic carbocycles. The Balaban J connectivity index is 4.46. The number of carbonyl (C=O) groups is 2. The van der Waals surface area contributed by atoms with Crippen LogP contribution >= 0.6 is 0 Å². The van der Waals surface area contributed by atoms with E-state index in [1.807, 2.05) is 0 Å². The lowest BCUT2D eigenvalue weighted by molar-refractivity contribution is -0.151. The van der Waals surface area contributed by atoms with Crippen LogP contribution < -0.4 is 5.32 Å². The minimum absolute atomic E-state index is 0.0811. The van der Waals surface area contributed by atoms with Gasteiger partial charge in [0.15, 0.2) is 0 Å². The zero-order valence-electron chi connectivity index (χ0n) is 39.2. The second-order valence-electron chi connectivity index (χ2n) is 17.9. The van der Waals surface area contributed by atoms with Gasteiger partial charge in [-0.1, -0.05) is 232 Å². The predicted molar refractivity (Wildman–Crippen MR) is 250 cm³/mol. The average molecular weight is 820 g/mol. The van der Waals surface area contributed by atoms with Gasteiger partial charge in [0.1, 0.15) is 6.10 Å². The number of rotatable bonds is 47. The first-order valence-electron chi connectivity index (χ1n) is 25.9. The second-order valence-corrected chi connectivity index (χ2v) is 17.9. The van der Waals surface area contributed by atoms with Gasteiger partial charge < -0.3 is 20.3 Å². The Bertz CT molecular complexity index is 878. The molecule has 0 radical (unpaired) electrons. The highest BCUT2D eigenvalue weighted by molar-refractivity contribution is 5.77. The quantitative estimate of drug-likeness (QED) is 0.0323. The van der Waals surface area contributed by atoms with Crippen molar-refractivity contribution in [1.29, 1.82) is 0 Å². The molecule has 3 N–H and O–H groups in total. The maximum absolute atomic E-state index is 13.2. The number of amides is 1. The summed E-state index contributed by atoms with van der Waals surface area (Å²) in [6.07, 6.45) is 51.3.